The molecule has 5 heavy (non-hydrogen) atoms. The lowest BCUT2D eigenvalue weighted by atomic mass is 10.5. The highest BCUT2D eigenvalue weighted by molar-refractivity contribution is 6.46. The molecule has 0 aliphatic carbocycles. The molecule has 0 saturated carbocycles. The molecule has 0 aromatic carbocycles. The van der Waals surface area contributed by atoms with E-state index in [1.54, 1.807) is 0 Å². The van der Waals surface area contributed by atoms with Crippen molar-refractivity contribution >= 4 is 8.68 Å². The van der Waals surface area contributed by atoms with Crippen molar-refractivity contribution in [1.82, 2.24) is 0 Å². The zero-order chi connectivity index (χ0) is 3.70. The van der Waals surface area contributed by atoms with Gasteiger partial charge in [-0.3, -0.25) is 0 Å². The first-order valence-corrected chi connectivity index (χ1v) is 3.73. The summed E-state index contributed by atoms with van der Waals surface area (Å²) in [5, 5.41) is 0. The van der Waals surface area contributed by atoms with Crippen LogP contribution in [0.15, 0.2) is 0 Å². The van der Waals surface area contributed by atoms with E-state index in [-0.39, 0.29) is 0 Å². The molecule has 0 unspecified atom stereocenters. The molecule has 0 atom stereocenters. The summed E-state index contributed by atoms with van der Waals surface area (Å²) in [6.07, 6.45) is 1.22. The van der Waals surface area contributed by atoms with Crippen LogP contribution in [0.25, 0.3) is 0 Å². The van der Waals surface area contributed by atoms with Crippen molar-refractivity contribution in [3.8, 4) is 0 Å². The Morgan fingerprint density at radius 1 is 1.40 bits per heavy atom. The molecule has 0 spiro atoms. The number of rotatable bonds is 0. The minimum Gasteiger partial charge on any atom is -0.388 e. The molecule has 1 fully saturated rings. The molecular weight excluding hydrogens is 80.1 g/mol. The van der Waals surface area contributed by atoms with E-state index >= 15 is 0 Å². The van der Waals surface area contributed by atoms with Crippen LogP contribution in [0.5, 0.6) is 0 Å². The van der Waals surface area contributed by atoms with Gasteiger partial charge in [0, 0.05) is 0 Å². The third-order valence-corrected chi connectivity index (χ3v) is 2.73. The van der Waals surface area contributed by atoms with Crippen molar-refractivity contribution in [2.45, 2.75) is 18.5 Å². The van der Waals surface area contributed by atoms with Crippen LogP contribution in [0, 0.1) is 0 Å². The Labute approximate surface area is 32.7 Å². The largest absolute Gasteiger partial charge is 0.388 e. The Hall–Kier alpha value is 0.0169. The molecule has 1 nitrogen and oxygen atoms in total. The maximum atomic E-state index is 10.1. The molecule has 28 valence electrons. The maximum Gasteiger partial charge on any atom is 0.276 e. The van der Waals surface area contributed by atoms with E-state index in [0.717, 1.165) is 12.1 Å². The fourth-order valence-corrected chi connectivity index (χ4v) is 0.963. The molecule has 0 aromatic rings. The molecule has 1 aliphatic heterocycles. The minimum absolute atomic E-state index is 0.943. The van der Waals surface area contributed by atoms with Gasteiger partial charge in [-0.2, -0.15) is 0 Å². The van der Waals surface area contributed by atoms with Crippen molar-refractivity contribution in [2.75, 3.05) is 0 Å². The highest BCUT2D eigenvalue weighted by Crippen LogP contribution is 2.11. The van der Waals surface area contributed by atoms with Gasteiger partial charge < -0.3 is 4.46 Å². The molecule has 0 radical (unpaired) electrons. The molecule has 1 heterocycles. The van der Waals surface area contributed by atoms with Crippen LogP contribution in [0.1, 0.15) is 6.42 Å². The maximum absolute atomic E-state index is 10.1. The van der Waals surface area contributed by atoms with Gasteiger partial charge in [-0.25, -0.2) is 0 Å². The lowest BCUT2D eigenvalue weighted by Crippen LogP contribution is -2.07. The average molecular weight is 86.2 g/mol. The normalized spacial score (nSPS) is 22.0. The van der Waals surface area contributed by atoms with Gasteiger partial charge in [-0.05, 0) is 18.5 Å². The fraction of sp³-hybridized carbons (Fsp3) is 1.00. The highest BCUT2D eigenvalue weighted by atomic mass is 28.3. The van der Waals surface area contributed by atoms with Gasteiger partial charge >= 0.3 is 0 Å². The fourth-order valence-electron chi connectivity index (χ4n) is 0.321. The second-order valence-electron chi connectivity index (χ2n) is 1.39. The SMILES string of the molecule is O=[Si]1CCC1. The topological polar surface area (TPSA) is 17.1 Å². The zero-order valence-electron chi connectivity index (χ0n) is 3.03. The Kier molecular flexibility index (Phi) is 0.650. The van der Waals surface area contributed by atoms with Crippen LogP contribution in [-0.4, -0.2) is 8.68 Å². The molecule has 0 N–H and O–H groups in total. The monoisotopic (exact) mass is 86.0 g/mol. The Morgan fingerprint density at radius 2 is 1.80 bits per heavy atom. The van der Waals surface area contributed by atoms with E-state index in [9.17, 15) is 4.46 Å². The second-order valence-corrected chi connectivity index (χ2v) is 3.47. The second kappa shape index (κ2) is 1.01. The quantitative estimate of drug-likeness (QED) is 0.399. The molecule has 1 aliphatic rings. The molecule has 2 heteroatoms. The van der Waals surface area contributed by atoms with Crippen LogP contribution in [0.3, 0.4) is 0 Å². The number of hydrogen-bond donors (Lipinski definition) is 0. The van der Waals surface area contributed by atoms with E-state index in [0.29, 0.717) is 0 Å². The van der Waals surface area contributed by atoms with Gasteiger partial charge in [-0.1, -0.05) is 0 Å². The molecule has 0 aromatic heterocycles. The minimum atomic E-state index is -0.943. The predicted octanol–water partition coefficient (Wildman–Crippen LogP) is 0.812. The van der Waals surface area contributed by atoms with Crippen molar-refractivity contribution < 1.29 is 4.46 Å². The summed E-state index contributed by atoms with van der Waals surface area (Å²) in [7, 11) is -0.943. The lowest BCUT2D eigenvalue weighted by Gasteiger charge is -2.02. The first kappa shape index (κ1) is 3.22. The van der Waals surface area contributed by atoms with E-state index in [2.05, 4.69) is 0 Å². The molecule has 0 bridgehead atoms. The van der Waals surface area contributed by atoms with Crippen LogP contribution in [-0.2, 0) is 4.46 Å². The molecule has 1 rings (SSSR count). The summed E-state index contributed by atoms with van der Waals surface area (Å²) in [5.41, 5.74) is 0. The first-order valence-electron chi connectivity index (χ1n) is 1.91. The van der Waals surface area contributed by atoms with Crippen molar-refractivity contribution in [3.63, 3.8) is 0 Å². The van der Waals surface area contributed by atoms with E-state index in [4.69, 9.17) is 0 Å². The standard InChI is InChI=1S/C3H6OSi/c4-5-2-1-3-5/h1-3H2. The Morgan fingerprint density at radius 3 is 1.80 bits per heavy atom. The summed E-state index contributed by atoms with van der Waals surface area (Å²) < 4.78 is 10.1. The highest BCUT2D eigenvalue weighted by Gasteiger charge is 2.13. The van der Waals surface area contributed by atoms with Gasteiger partial charge in [0.15, 0.2) is 0 Å². The smallest absolute Gasteiger partial charge is 0.276 e. The van der Waals surface area contributed by atoms with Gasteiger partial charge in [0.1, 0.15) is 0 Å². The molecule has 1 saturated heterocycles. The van der Waals surface area contributed by atoms with Crippen molar-refractivity contribution in [1.29, 1.82) is 0 Å². The predicted molar refractivity (Wildman–Crippen MR) is 20.7 cm³/mol. The average Bonchev–Trinajstić information content (AvgIpc) is 1.30. The number of hydrogen-bond acceptors (Lipinski definition) is 1. The van der Waals surface area contributed by atoms with E-state index in [1.165, 1.54) is 6.42 Å². The summed E-state index contributed by atoms with van der Waals surface area (Å²) in [6.45, 7) is 0. The van der Waals surface area contributed by atoms with Crippen LogP contribution < -0.4 is 0 Å². The Balaban J connectivity index is 2.32. The van der Waals surface area contributed by atoms with Gasteiger partial charge in [-0.15, -0.1) is 0 Å². The van der Waals surface area contributed by atoms with Gasteiger partial charge in [0.05, 0.1) is 0 Å². The van der Waals surface area contributed by atoms with E-state index in [1.807, 2.05) is 0 Å². The third-order valence-electron chi connectivity index (χ3n) is 0.911. The third kappa shape index (κ3) is 0.451. The van der Waals surface area contributed by atoms with Crippen LogP contribution >= 0.6 is 0 Å². The van der Waals surface area contributed by atoms with Crippen molar-refractivity contribution in [2.24, 2.45) is 0 Å². The summed E-state index contributed by atoms with van der Waals surface area (Å²) in [5.74, 6) is 0. The summed E-state index contributed by atoms with van der Waals surface area (Å²) >= 11 is 0. The van der Waals surface area contributed by atoms with Gasteiger partial charge in [0.2, 0.25) is 0 Å². The van der Waals surface area contributed by atoms with E-state index < -0.39 is 8.68 Å². The zero-order valence-corrected chi connectivity index (χ0v) is 4.03. The van der Waals surface area contributed by atoms with Crippen LogP contribution in [0.2, 0.25) is 12.1 Å². The Bertz CT molecular complexity index is 53.9. The first-order chi connectivity index (χ1) is 2.39. The van der Waals surface area contributed by atoms with Crippen LogP contribution in [0.4, 0.5) is 0 Å². The molecular formula is C3H6OSi. The summed E-state index contributed by atoms with van der Waals surface area (Å²) in [4.78, 5) is 0. The van der Waals surface area contributed by atoms with Gasteiger partial charge in [0.25, 0.3) is 8.68 Å². The van der Waals surface area contributed by atoms with Crippen molar-refractivity contribution in [3.05, 3.63) is 0 Å². The lowest BCUT2D eigenvalue weighted by molar-refractivity contribution is 0.542. The molecule has 0 amide bonds. The summed E-state index contributed by atoms with van der Waals surface area (Å²) in [6, 6.07) is 2.06.